The first-order valence-corrected chi connectivity index (χ1v) is 6.76. The van der Waals surface area contributed by atoms with E-state index >= 15 is 0 Å². The maximum Gasteiger partial charge on any atom is 0.115 e. The van der Waals surface area contributed by atoms with Crippen molar-refractivity contribution in [3.63, 3.8) is 0 Å². The maximum absolute atomic E-state index is 9.46. The molecule has 2 aliphatic rings. The van der Waals surface area contributed by atoms with Crippen LogP contribution in [-0.4, -0.2) is 60.2 Å². The Labute approximate surface area is 108 Å². The molecule has 0 radical (unpaired) electrons. The second-order valence-electron chi connectivity index (χ2n) is 5.29. The minimum absolute atomic E-state index is 0.367. The van der Waals surface area contributed by atoms with Crippen molar-refractivity contribution in [1.82, 2.24) is 15.1 Å². The summed E-state index contributed by atoms with van der Waals surface area (Å²) in [7, 11) is 0. The molecule has 18 heavy (non-hydrogen) atoms. The van der Waals surface area contributed by atoms with Gasteiger partial charge >= 0.3 is 0 Å². The lowest BCUT2D eigenvalue weighted by Crippen LogP contribution is -2.61. The Balaban J connectivity index is 1.50. The number of hydrogen-bond donors (Lipinski definition) is 2. The highest BCUT2D eigenvalue weighted by Crippen LogP contribution is 2.15. The lowest BCUT2D eigenvalue weighted by Gasteiger charge is -2.43. The molecule has 0 aromatic heterocycles. The van der Waals surface area contributed by atoms with Gasteiger partial charge in [0, 0.05) is 51.9 Å². The van der Waals surface area contributed by atoms with Gasteiger partial charge in [0.05, 0.1) is 0 Å². The average molecular weight is 247 g/mol. The maximum atomic E-state index is 9.46. The summed E-state index contributed by atoms with van der Waals surface area (Å²) in [5.74, 6) is 0.367. The number of piperazine rings is 1. The Morgan fingerprint density at radius 1 is 1.17 bits per heavy atom. The van der Waals surface area contributed by atoms with Gasteiger partial charge in [-0.05, 0) is 17.7 Å². The second kappa shape index (κ2) is 5.26. The van der Waals surface area contributed by atoms with Crippen LogP contribution in [-0.2, 0) is 6.54 Å². The van der Waals surface area contributed by atoms with E-state index in [4.69, 9.17) is 0 Å². The molecule has 1 aromatic carbocycles. The zero-order valence-electron chi connectivity index (χ0n) is 10.7. The predicted octanol–water partition coefficient (Wildman–Crippen LogP) is 0.482. The van der Waals surface area contributed by atoms with E-state index in [-0.39, 0.29) is 0 Å². The Hall–Kier alpha value is -1.10. The summed E-state index contributed by atoms with van der Waals surface area (Å²) in [5, 5.41) is 12.8. The van der Waals surface area contributed by atoms with Crippen LogP contribution in [0.1, 0.15) is 5.56 Å². The number of phenols is 1. The van der Waals surface area contributed by atoms with Gasteiger partial charge < -0.3 is 10.4 Å². The molecule has 0 atom stereocenters. The first kappa shape index (κ1) is 12.0. The van der Waals surface area contributed by atoms with E-state index in [9.17, 15) is 5.11 Å². The van der Waals surface area contributed by atoms with Gasteiger partial charge in [-0.2, -0.15) is 0 Å². The number of phenolic OH excluding ortho intramolecular Hbond substituents is 1. The molecule has 0 bridgehead atoms. The molecule has 1 aromatic rings. The van der Waals surface area contributed by atoms with Crippen LogP contribution in [0.2, 0.25) is 0 Å². The van der Waals surface area contributed by atoms with E-state index in [1.54, 1.807) is 6.07 Å². The number of rotatable bonds is 3. The lowest BCUT2D eigenvalue weighted by molar-refractivity contribution is 0.0695. The Morgan fingerprint density at radius 2 is 1.94 bits per heavy atom. The fourth-order valence-electron chi connectivity index (χ4n) is 2.73. The van der Waals surface area contributed by atoms with E-state index in [0.717, 1.165) is 38.8 Å². The fourth-order valence-corrected chi connectivity index (χ4v) is 2.73. The van der Waals surface area contributed by atoms with E-state index in [0.29, 0.717) is 5.75 Å². The zero-order valence-corrected chi connectivity index (χ0v) is 10.7. The smallest absolute Gasteiger partial charge is 0.115 e. The van der Waals surface area contributed by atoms with Crippen molar-refractivity contribution >= 4 is 0 Å². The molecule has 0 amide bonds. The molecule has 98 valence electrons. The summed E-state index contributed by atoms with van der Waals surface area (Å²) in [4.78, 5) is 5.06. The molecule has 4 nitrogen and oxygen atoms in total. The molecule has 0 spiro atoms. The summed E-state index contributed by atoms with van der Waals surface area (Å²) in [6.07, 6.45) is 0. The molecular formula is C14H21N3O. The van der Waals surface area contributed by atoms with Gasteiger partial charge in [0.2, 0.25) is 0 Å². The summed E-state index contributed by atoms with van der Waals surface area (Å²) in [6.45, 7) is 7.87. The van der Waals surface area contributed by atoms with Gasteiger partial charge in [0.15, 0.2) is 0 Å². The van der Waals surface area contributed by atoms with Gasteiger partial charge in [0.25, 0.3) is 0 Å². The highest BCUT2D eigenvalue weighted by Gasteiger charge is 2.27. The molecule has 3 rings (SSSR count). The van der Waals surface area contributed by atoms with E-state index < -0.39 is 0 Å². The van der Waals surface area contributed by atoms with Crippen molar-refractivity contribution in [2.45, 2.75) is 12.6 Å². The first-order valence-electron chi connectivity index (χ1n) is 6.76. The summed E-state index contributed by atoms with van der Waals surface area (Å²) in [5.41, 5.74) is 1.20. The Kier molecular flexibility index (Phi) is 3.50. The van der Waals surface area contributed by atoms with Gasteiger partial charge in [-0.3, -0.25) is 9.80 Å². The van der Waals surface area contributed by atoms with Crippen LogP contribution in [0.25, 0.3) is 0 Å². The normalized spacial score (nSPS) is 22.9. The Bertz CT molecular complexity index is 398. The van der Waals surface area contributed by atoms with Crippen molar-refractivity contribution in [1.29, 1.82) is 0 Å². The molecule has 2 heterocycles. The lowest BCUT2D eigenvalue weighted by atomic mass is 10.1. The molecule has 4 heteroatoms. The van der Waals surface area contributed by atoms with Gasteiger partial charge in [-0.15, -0.1) is 0 Å². The van der Waals surface area contributed by atoms with Crippen molar-refractivity contribution in [2.24, 2.45) is 0 Å². The van der Waals surface area contributed by atoms with Crippen LogP contribution in [0.4, 0.5) is 0 Å². The van der Waals surface area contributed by atoms with Gasteiger partial charge in [0.1, 0.15) is 5.75 Å². The van der Waals surface area contributed by atoms with Crippen LogP contribution in [0.3, 0.4) is 0 Å². The van der Waals surface area contributed by atoms with Crippen molar-refractivity contribution in [2.75, 3.05) is 39.3 Å². The summed E-state index contributed by atoms with van der Waals surface area (Å²) >= 11 is 0. The minimum Gasteiger partial charge on any atom is -0.508 e. The SMILES string of the molecule is Oc1cccc(CN2CCN(C3CNC3)CC2)c1. The predicted molar refractivity (Wildman–Crippen MR) is 71.6 cm³/mol. The average Bonchev–Trinajstić information content (AvgIpc) is 2.29. The van der Waals surface area contributed by atoms with E-state index in [1.807, 2.05) is 12.1 Å². The third-order valence-corrected chi connectivity index (χ3v) is 4.00. The van der Waals surface area contributed by atoms with Gasteiger partial charge in [-0.1, -0.05) is 12.1 Å². The number of aromatic hydroxyl groups is 1. The summed E-state index contributed by atoms with van der Waals surface area (Å²) < 4.78 is 0. The molecule has 0 unspecified atom stereocenters. The number of nitrogens with zero attached hydrogens (tertiary/aromatic N) is 2. The number of nitrogens with one attached hydrogen (secondary N) is 1. The molecule has 2 saturated heterocycles. The van der Waals surface area contributed by atoms with Crippen LogP contribution < -0.4 is 5.32 Å². The zero-order chi connectivity index (χ0) is 12.4. The van der Waals surface area contributed by atoms with Crippen LogP contribution >= 0.6 is 0 Å². The highest BCUT2D eigenvalue weighted by atomic mass is 16.3. The third-order valence-electron chi connectivity index (χ3n) is 4.00. The standard InChI is InChI=1S/C14H21N3O/c18-14-3-1-2-12(8-14)11-16-4-6-17(7-5-16)13-9-15-10-13/h1-3,8,13,15,18H,4-7,9-11H2. The van der Waals surface area contributed by atoms with Gasteiger partial charge in [-0.25, -0.2) is 0 Å². The number of benzene rings is 1. The molecule has 0 saturated carbocycles. The van der Waals surface area contributed by atoms with Crippen molar-refractivity contribution in [3.8, 4) is 5.75 Å². The van der Waals surface area contributed by atoms with E-state index in [1.165, 1.54) is 18.7 Å². The number of hydrogen-bond acceptors (Lipinski definition) is 4. The monoisotopic (exact) mass is 247 g/mol. The largest absolute Gasteiger partial charge is 0.508 e. The molecular weight excluding hydrogens is 226 g/mol. The van der Waals surface area contributed by atoms with Crippen LogP contribution in [0, 0.1) is 0 Å². The molecule has 0 aliphatic carbocycles. The summed E-state index contributed by atoms with van der Waals surface area (Å²) in [6, 6.07) is 8.36. The van der Waals surface area contributed by atoms with Crippen molar-refractivity contribution in [3.05, 3.63) is 29.8 Å². The highest BCUT2D eigenvalue weighted by molar-refractivity contribution is 5.27. The molecule has 2 N–H and O–H groups in total. The van der Waals surface area contributed by atoms with E-state index in [2.05, 4.69) is 21.2 Å². The van der Waals surface area contributed by atoms with Crippen molar-refractivity contribution < 1.29 is 5.11 Å². The minimum atomic E-state index is 0.367. The van der Waals surface area contributed by atoms with Crippen LogP contribution in [0.5, 0.6) is 5.75 Å². The second-order valence-corrected chi connectivity index (χ2v) is 5.29. The topological polar surface area (TPSA) is 38.7 Å². The third kappa shape index (κ3) is 2.66. The fraction of sp³-hybridized carbons (Fsp3) is 0.571. The Morgan fingerprint density at radius 3 is 2.56 bits per heavy atom. The molecule has 2 fully saturated rings. The first-order chi connectivity index (χ1) is 8.81. The quantitative estimate of drug-likeness (QED) is 0.815. The molecule has 2 aliphatic heterocycles. The van der Waals surface area contributed by atoms with Crippen LogP contribution in [0.15, 0.2) is 24.3 Å².